The van der Waals surface area contributed by atoms with Crippen LogP contribution in [0.25, 0.3) is 0 Å². The fraction of sp³-hybridized carbons (Fsp3) is 0.632. The summed E-state index contributed by atoms with van der Waals surface area (Å²) >= 11 is 0. The molecular weight excluding hydrogens is 350 g/mol. The molecule has 0 spiro atoms. The third kappa shape index (κ3) is 5.56. The van der Waals surface area contributed by atoms with Crippen molar-refractivity contribution in [3.63, 3.8) is 0 Å². The predicted molar refractivity (Wildman–Crippen MR) is 99.6 cm³/mol. The van der Waals surface area contributed by atoms with E-state index >= 15 is 0 Å². The number of hydrogen-bond donors (Lipinski definition) is 1. The number of hydrogen-bond acceptors (Lipinski definition) is 6. The number of pyridine rings is 1. The van der Waals surface area contributed by atoms with E-state index < -0.39 is 17.7 Å². The zero-order valence-electron chi connectivity index (χ0n) is 16.9. The first-order chi connectivity index (χ1) is 12.6. The van der Waals surface area contributed by atoms with Crippen molar-refractivity contribution in [3.8, 4) is 5.75 Å². The van der Waals surface area contributed by atoms with E-state index in [1.165, 1.54) is 7.11 Å². The van der Waals surface area contributed by atoms with Gasteiger partial charge in [0.15, 0.2) is 0 Å². The van der Waals surface area contributed by atoms with Gasteiger partial charge in [0.2, 0.25) is 5.91 Å². The highest BCUT2D eigenvalue weighted by molar-refractivity contribution is 5.87. The molecule has 0 aromatic carbocycles. The van der Waals surface area contributed by atoms with E-state index in [1.54, 1.807) is 51.2 Å². The highest BCUT2D eigenvalue weighted by Gasteiger charge is 2.43. The van der Waals surface area contributed by atoms with Crippen LogP contribution in [0, 0.1) is 0 Å². The Bertz CT molecular complexity index is 680. The fourth-order valence-corrected chi connectivity index (χ4v) is 2.90. The number of carbonyl (C=O) groups is 2. The van der Waals surface area contributed by atoms with E-state index in [2.05, 4.69) is 10.3 Å². The Morgan fingerprint density at radius 3 is 2.56 bits per heavy atom. The number of nitrogens with zero attached hydrogens (tertiary/aromatic N) is 2. The summed E-state index contributed by atoms with van der Waals surface area (Å²) in [7, 11) is 3.16. The summed E-state index contributed by atoms with van der Waals surface area (Å²) in [6.45, 7) is 8.21. The molecule has 8 nitrogen and oxygen atoms in total. The molecule has 2 amide bonds. The highest BCUT2D eigenvalue weighted by atomic mass is 16.6. The minimum atomic E-state index is -0.780. The zero-order chi connectivity index (χ0) is 20.2. The summed E-state index contributed by atoms with van der Waals surface area (Å²) < 4.78 is 16.0. The molecule has 2 heterocycles. The molecule has 8 heteroatoms. The van der Waals surface area contributed by atoms with Crippen LogP contribution in [0.4, 0.5) is 4.79 Å². The molecule has 1 aliphatic rings. The summed E-state index contributed by atoms with van der Waals surface area (Å²) in [5.41, 5.74) is -0.227. The first-order valence-electron chi connectivity index (χ1n) is 8.87. The summed E-state index contributed by atoms with van der Waals surface area (Å²) in [4.78, 5) is 30.9. The monoisotopic (exact) mass is 379 g/mol. The molecule has 1 aliphatic heterocycles. The van der Waals surface area contributed by atoms with Gasteiger partial charge in [-0.15, -0.1) is 0 Å². The zero-order valence-corrected chi connectivity index (χ0v) is 16.9. The normalized spacial score (nSPS) is 16.9. The second kappa shape index (κ2) is 8.12. The van der Waals surface area contributed by atoms with E-state index in [0.717, 1.165) is 5.56 Å². The average Bonchev–Trinajstić information content (AvgIpc) is 2.56. The van der Waals surface area contributed by atoms with Gasteiger partial charge >= 0.3 is 6.09 Å². The number of amides is 2. The van der Waals surface area contributed by atoms with Gasteiger partial charge in [0.25, 0.3) is 0 Å². The van der Waals surface area contributed by atoms with Crippen molar-refractivity contribution in [2.45, 2.75) is 51.4 Å². The standard InChI is InChI=1S/C19H29N3O5/c1-18(2,3)27-17(24)21-14(9-13-7-8-20-10-15(13)25-5)16(23)22-11-19(4,12-22)26-6/h7-8,10,14H,9,11-12H2,1-6H3,(H,21,24)/t14-/m1/s1. The lowest BCUT2D eigenvalue weighted by atomic mass is 9.94. The maximum absolute atomic E-state index is 13.0. The maximum atomic E-state index is 13.0. The van der Waals surface area contributed by atoms with Crippen LogP contribution in [-0.4, -0.2) is 66.4 Å². The van der Waals surface area contributed by atoms with Crippen LogP contribution in [0.1, 0.15) is 33.3 Å². The van der Waals surface area contributed by atoms with Crippen molar-refractivity contribution in [1.82, 2.24) is 15.2 Å². The maximum Gasteiger partial charge on any atom is 0.408 e. The Morgan fingerprint density at radius 2 is 2.00 bits per heavy atom. The van der Waals surface area contributed by atoms with Crippen molar-refractivity contribution in [2.24, 2.45) is 0 Å². The molecule has 1 aromatic rings. The minimum absolute atomic E-state index is 0.186. The molecule has 1 N–H and O–H groups in total. The topological polar surface area (TPSA) is 90.0 Å². The van der Waals surface area contributed by atoms with Gasteiger partial charge in [-0.3, -0.25) is 9.78 Å². The second-order valence-corrected chi connectivity index (χ2v) is 7.94. The van der Waals surface area contributed by atoms with Gasteiger partial charge in [-0.05, 0) is 39.3 Å². The molecular formula is C19H29N3O5. The van der Waals surface area contributed by atoms with Crippen LogP contribution in [0.3, 0.4) is 0 Å². The van der Waals surface area contributed by atoms with Gasteiger partial charge in [0.1, 0.15) is 17.4 Å². The summed E-state index contributed by atoms with van der Waals surface area (Å²) in [5.74, 6) is 0.376. The molecule has 150 valence electrons. The van der Waals surface area contributed by atoms with Gasteiger partial charge < -0.3 is 24.4 Å². The number of methoxy groups -OCH3 is 2. The SMILES string of the molecule is COc1cnccc1C[C@@H](NC(=O)OC(C)(C)C)C(=O)N1CC(C)(OC)C1. The van der Waals surface area contributed by atoms with E-state index in [4.69, 9.17) is 14.2 Å². The molecule has 1 aromatic heterocycles. The molecule has 27 heavy (non-hydrogen) atoms. The molecule has 1 saturated heterocycles. The van der Waals surface area contributed by atoms with Crippen molar-refractivity contribution in [2.75, 3.05) is 27.3 Å². The number of nitrogens with one attached hydrogen (secondary N) is 1. The van der Waals surface area contributed by atoms with E-state index in [1.807, 2.05) is 6.92 Å². The first-order valence-corrected chi connectivity index (χ1v) is 8.87. The largest absolute Gasteiger partial charge is 0.495 e. The van der Waals surface area contributed by atoms with Crippen LogP contribution in [-0.2, 0) is 20.7 Å². The summed E-state index contributed by atoms with van der Waals surface area (Å²) in [6, 6.07) is 0.989. The molecule has 1 atom stereocenters. The second-order valence-electron chi connectivity index (χ2n) is 7.94. The molecule has 0 bridgehead atoms. The number of aromatic nitrogens is 1. The molecule has 1 fully saturated rings. The van der Waals surface area contributed by atoms with Gasteiger partial charge in [-0.2, -0.15) is 0 Å². The highest BCUT2D eigenvalue weighted by Crippen LogP contribution is 2.26. The van der Waals surface area contributed by atoms with Crippen molar-refractivity contribution in [3.05, 3.63) is 24.0 Å². The van der Waals surface area contributed by atoms with E-state index in [9.17, 15) is 9.59 Å². The lowest BCUT2D eigenvalue weighted by molar-refractivity contribution is -0.159. The molecule has 0 saturated carbocycles. The molecule has 0 radical (unpaired) electrons. The predicted octanol–water partition coefficient (Wildman–Crippen LogP) is 1.77. The third-order valence-electron chi connectivity index (χ3n) is 4.36. The van der Waals surface area contributed by atoms with Crippen LogP contribution in [0.2, 0.25) is 0 Å². The molecule has 0 unspecified atom stereocenters. The first kappa shape index (κ1) is 21.0. The Balaban J connectivity index is 2.15. The van der Waals surface area contributed by atoms with Crippen LogP contribution >= 0.6 is 0 Å². The molecule has 2 rings (SSSR count). The molecule has 0 aliphatic carbocycles. The van der Waals surface area contributed by atoms with E-state index in [0.29, 0.717) is 18.8 Å². The average molecular weight is 379 g/mol. The lowest BCUT2D eigenvalue weighted by Gasteiger charge is -2.47. The van der Waals surface area contributed by atoms with Gasteiger partial charge in [0.05, 0.1) is 32.0 Å². The Kier molecular flexibility index (Phi) is 6.30. The number of likely N-dealkylation sites (tertiary alicyclic amines) is 1. The number of ether oxygens (including phenoxy) is 3. The quantitative estimate of drug-likeness (QED) is 0.810. The van der Waals surface area contributed by atoms with Gasteiger partial charge in [0, 0.05) is 19.7 Å². The minimum Gasteiger partial charge on any atom is -0.495 e. The van der Waals surface area contributed by atoms with Crippen LogP contribution < -0.4 is 10.1 Å². The summed E-state index contributed by atoms with van der Waals surface area (Å²) in [5, 5.41) is 2.70. The van der Waals surface area contributed by atoms with Crippen molar-refractivity contribution < 1.29 is 23.8 Å². The Labute approximate surface area is 160 Å². The van der Waals surface area contributed by atoms with Crippen LogP contribution in [0.15, 0.2) is 18.5 Å². The number of rotatable bonds is 6. The van der Waals surface area contributed by atoms with Crippen LogP contribution in [0.5, 0.6) is 5.75 Å². The van der Waals surface area contributed by atoms with E-state index in [-0.39, 0.29) is 17.9 Å². The number of carbonyl (C=O) groups excluding carboxylic acids is 2. The van der Waals surface area contributed by atoms with Crippen molar-refractivity contribution >= 4 is 12.0 Å². The number of alkyl carbamates (subject to hydrolysis) is 1. The van der Waals surface area contributed by atoms with Gasteiger partial charge in [-0.25, -0.2) is 4.79 Å². The Morgan fingerprint density at radius 1 is 1.33 bits per heavy atom. The smallest absolute Gasteiger partial charge is 0.408 e. The fourth-order valence-electron chi connectivity index (χ4n) is 2.90. The third-order valence-corrected chi connectivity index (χ3v) is 4.36. The summed E-state index contributed by atoms with van der Waals surface area (Å²) in [6.07, 6.45) is 2.84. The van der Waals surface area contributed by atoms with Gasteiger partial charge in [-0.1, -0.05) is 0 Å². The van der Waals surface area contributed by atoms with Crippen molar-refractivity contribution in [1.29, 1.82) is 0 Å². The Hall–Kier alpha value is -2.35. The lowest BCUT2D eigenvalue weighted by Crippen LogP contribution is -2.66.